The van der Waals surface area contributed by atoms with Crippen molar-refractivity contribution < 1.29 is 4.39 Å². The van der Waals surface area contributed by atoms with E-state index in [0.717, 1.165) is 22.4 Å². The number of aromatic nitrogens is 3. The molecule has 0 unspecified atom stereocenters. The van der Waals surface area contributed by atoms with Gasteiger partial charge >= 0.3 is 0 Å². The Morgan fingerprint density at radius 3 is 2.40 bits per heavy atom. The third-order valence-corrected chi connectivity index (χ3v) is 4.43. The third-order valence-electron chi connectivity index (χ3n) is 4.09. The minimum Gasteiger partial charge on any atom is -0.293 e. The van der Waals surface area contributed by atoms with Crippen LogP contribution in [0.3, 0.4) is 0 Å². The van der Waals surface area contributed by atoms with Crippen LogP contribution in [0.25, 0.3) is 28.0 Å². The van der Waals surface area contributed by atoms with Crippen LogP contribution in [-0.2, 0) is 0 Å². The summed E-state index contributed by atoms with van der Waals surface area (Å²) in [7, 11) is 0. The molecule has 124 valence electrons. The number of H-pyrrole nitrogens is 1. The van der Waals surface area contributed by atoms with E-state index < -0.39 is 0 Å². The van der Waals surface area contributed by atoms with Gasteiger partial charge in [-0.2, -0.15) is 4.52 Å². The molecule has 0 atom stereocenters. The van der Waals surface area contributed by atoms with Gasteiger partial charge in [0.15, 0.2) is 5.65 Å². The highest BCUT2D eigenvalue weighted by atomic mass is 35.5. The molecule has 2 aromatic heterocycles. The van der Waals surface area contributed by atoms with Gasteiger partial charge in [-0.3, -0.25) is 9.89 Å². The lowest BCUT2D eigenvalue weighted by Gasteiger charge is -2.05. The number of aromatic amines is 1. The van der Waals surface area contributed by atoms with Gasteiger partial charge < -0.3 is 0 Å². The highest BCUT2D eigenvalue weighted by molar-refractivity contribution is 6.32. The Labute approximate surface area is 147 Å². The van der Waals surface area contributed by atoms with Crippen LogP contribution in [-0.4, -0.2) is 14.6 Å². The molecular formula is C19H13ClFN3O. The molecule has 4 rings (SSSR count). The van der Waals surface area contributed by atoms with Gasteiger partial charge in [-0.25, -0.2) is 9.37 Å². The summed E-state index contributed by atoms with van der Waals surface area (Å²) in [5.41, 5.74) is 3.53. The molecule has 1 N–H and O–H groups in total. The lowest BCUT2D eigenvalue weighted by molar-refractivity contribution is 0.628. The molecule has 0 saturated heterocycles. The monoisotopic (exact) mass is 353 g/mol. The molecule has 2 heterocycles. The SMILES string of the molecule is Cc1[nH]n2c(=O)c(Cl)c(-c3ccccc3)nc2c1-c1ccc(F)cc1. The average molecular weight is 354 g/mol. The number of nitrogens with zero attached hydrogens (tertiary/aromatic N) is 2. The summed E-state index contributed by atoms with van der Waals surface area (Å²) in [6.45, 7) is 1.84. The van der Waals surface area contributed by atoms with Crippen LogP contribution in [0, 0.1) is 12.7 Å². The third kappa shape index (κ3) is 2.53. The van der Waals surface area contributed by atoms with Crippen LogP contribution in [0.2, 0.25) is 5.02 Å². The predicted molar refractivity (Wildman–Crippen MR) is 96.4 cm³/mol. The molecule has 0 saturated carbocycles. The zero-order valence-electron chi connectivity index (χ0n) is 13.3. The molecule has 0 bridgehead atoms. The molecule has 0 aliphatic heterocycles. The van der Waals surface area contributed by atoms with Crippen LogP contribution in [0.4, 0.5) is 4.39 Å². The summed E-state index contributed by atoms with van der Waals surface area (Å²) in [4.78, 5) is 17.3. The van der Waals surface area contributed by atoms with Crippen molar-refractivity contribution in [3.8, 4) is 22.4 Å². The molecule has 0 aliphatic rings. The summed E-state index contributed by atoms with van der Waals surface area (Å²) in [6.07, 6.45) is 0. The second-order valence-electron chi connectivity index (χ2n) is 5.72. The first-order valence-electron chi connectivity index (χ1n) is 7.68. The number of nitrogens with one attached hydrogen (secondary N) is 1. The van der Waals surface area contributed by atoms with E-state index in [4.69, 9.17) is 11.6 Å². The van der Waals surface area contributed by atoms with E-state index >= 15 is 0 Å². The van der Waals surface area contributed by atoms with Gasteiger partial charge in [-0.15, -0.1) is 0 Å². The first-order chi connectivity index (χ1) is 12.1. The van der Waals surface area contributed by atoms with Crippen molar-refractivity contribution in [2.24, 2.45) is 0 Å². The standard InChI is InChI=1S/C19H13ClFN3O/c1-11-15(12-7-9-14(21)10-8-12)18-22-17(13-5-3-2-4-6-13)16(20)19(25)24(18)23-11/h2-10,23H,1H3. The molecule has 0 radical (unpaired) electrons. The highest BCUT2D eigenvalue weighted by Crippen LogP contribution is 2.30. The van der Waals surface area contributed by atoms with Gasteiger partial charge in [-0.05, 0) is 24.6 Å². The van der Waals surface area contributed by atoms with Crippen molar-refractivity contribution in [2.45, 2.75) is 6.92 Å². The van der Waals surface area contributed by atoms with E-state index in [9.17, 15) is 9.18 Å². The summed E-state index contributed by atoms with van der Waals surface area (Å²) >= 11 is 6.27. The lowest BCUT2D eigenvalue weighted by Crippen LogP contribution is -2.16. The van der Waals surface area contributed by atoms with Crippen LogP contribution in [0.15, 0.2) is 59.4 Å². The van der Waals surface area contributed by atoms with Crippen molar-refractivity contribution in [3.63, 3.8) is 0 Å². The van der Waals surface area contributed by atoms with Crippen LogP contribution >= 0.6 is 11.6 Å². The number of rotatable bonds is 2. The maximum Gasteiger partial charge on any atom is 0.292 e. The molecule has 6 heteroatoms. The molecule has 0 aliphatic carbocycles. The largest absolute Gasteiger partial charge is 0.293 e. The smallest absolute Gasteiger partial charge is 0.292 e. The van der Waals surface area contributed by atoms with Crippen molar-refractivity contribution in [1.82, 2.24) is 14.6 Å². The fraction of sp³-hybridized carbons (Fsp3) is 0.0526. The zero-order valence-corrected chi connectivity index (χ0v) is 14.0. The maximum atomic E-state index is 13.2. The predicted octanol–water partition coefficient (Wildman–Crippen LogP) is 4.46. The molecule has 0 spiro atoms. The topological polar surface area (TPSA) is 50.2 Å². The summed E-state index contributed by atoms with van der Waals surface area (Å²) in [6, 6.07) is 15.4. The Kier molecular flexibility index (Phi) is 3.66. The van der Waals surface area contributed by atoms with Gasteiger partial charge in [0.2, 0.25) is 0 Å². The van der Waals surface area contributed by atoms with Crippen molar-refractivity contribution in [3.05, 3.63) is 81.5 Å². The van der Waals surface area contributed by atoms with Crippen LogP contribution in [0.5, 0.6) is 0 Å². The average Bonchev–Trinajstić information content (AvgIpc) is 2.96. The molecule has 25 heavy (non-hydrogen) atoms. The molecule has 0 amide bonds. The Bertz CT molecular complexity index is 1130. The quantitative estimate of drug-likeness (QED) is 0.578. The second kappa shape index (κ2) is 5.86. The molecule has 0 fully saturated rings. The van der Waals surface area contributed by atoms with Crippen LogP contribution < -0.4 is 5.56 Å². The first kappa shape index (κ1) is 15.6. The van der Waals surface area contributed by atoms with Crippen LogP contribution in [0.1, 0.15) is 5.69 Å². The Balaban J connectivity index is 2.06. The van der Waals surface area contributed by atoms with Gasteiger partial charge in [0.1, 0.15) is 10.8 Å². The number of hydrogen-bond donors (Lipinski definition) is 1. The Morgan fingerprint density at radius 2 is 1.72 bits per heavy atom. The summed E-state index contributed by atoms with van der Waals surface area (Å²) < 4.78 is 14.6. The van der Waals surface area contributed by atoms with E-state index in [2.05, 4.69) is 10.1 Å². The first-order valence-corrected chi connectivity index (χ1v) is 8.06. The van der Waals surface area contributed by atoms with Crippen molar-refractivity contribution in [1.29, 1.82) is 0 Å². The normalized spacial score (nSPS) is 11.2. The fourth-order valence-corrected chi connectivity index (χ4v) is 3.15. The fourth-order valence-electron chi connectivity index (χ4n) is 2.91. The zero-order chi connectivity index (χ0) is 17.6. The van der Waals surface area contributed by atoms with Crippen molar-refractivity contribution in [2.75, 3.05) is 0 Å². The highest BCUT2D eigenvalue weighted by Gasteiger charge is 2.19. The van der Waals surface area contributed by atoms with E-state index in [1.54, 1.807) is 12.1 Å². The Morgan fingerprint density at radius 1 is 1.04 bits per heavy atom. The molecule has 4 nitrogen and oxygen atoms in total. The van der Waals surface area contributed by atoms with Crippen molar-refractivity contribution >= 4 is 17.2 Å². The number of hydrogen-bond acceptors (Lipinski definition) is 2. The minimum absolute atomic E-state index is 0.0515. The number of aryl methyl sites for hydroxylation is 1. The second-order valence-corrected chi connectivity index (χ2v) is 6.10. The lowest BCUT2D eigenvalue weighted by atomic mass is 10.1. The van der Waals surface area contributed by atoms with Gasteiger partial charge in [0.25, 0.3) is 5.56 Å². The molecule has 4 aromatic rings. The molecular weight excluding hydrogens is 341 g/mol. The van der Waals surface area contributed by atoms with E-state index in [1.165, 1.54) is 16.6 Å². The van der Waals surface area contributed by atoms with Gasteiger partial charge in [-0.1, -0.05) is 54.1 Å². The number of halogens is 2. The summed E-state index contributed by atoms with van der Waals surface area (Å²) in [5.74, 6) is -0.320. The summed E-state index contributed by atoms with van der Waals surface area (Å²) in [5, 5.41) is 3.04. The molecule has 2 aromatic carbocycles. The number of benzene rings is 2. The number of fused-ring (bicyclic) bond motifs is 1. The van der Waals surface area contributed by atoms with E-state index in [1.807, 2.05) is 37.3 Å². The maximum absolute atomic E-state index is 13.2. The Hall–Kier alpha value is -2.92. The minimum atomic E-state index is -0.373. The van der Waals surface area contributed by atoms with Gasteiger partial charge in [0, 0.05) is 16.8 Å². The van der Waals surface area contributed by atoms with E-state index in [0.29, 0.717) is 11.3 Å². The van der Waals surface area contributed by atoms with Gasteiger partial charge in [0.05, 0.1) is 5.69 Å². The van der Waals surface area contributed by atoms with E-state index in [-0.39, 0.29) is 16.4 Å².